The van der Waals surface area contributed by atoms with Crippen molar-refractivity contribution in [1.82, 2.24) is 44.1 Å². The maximum Gasteiger partial charge on any atom is 0.344 e. The summed E-state index contributed by atoms with van der Waals surface area (Å²) < 4.78 is 45.6. The average Bonchev–Trinajstić information content (AvgIpc) is 0.864. The summed E-state index contributed by atoms with van der Waals surface area (Å²) in [5.41, 5.74) is 3.70. The number of carbonyl (C=O) groups is 9. The molecule has 0 aliphatic carbocycles. The number of alkyl halides is 11. The van der Waals surface area contributed by atoms with Crippen LogP contribution in [-0.4, -0.2) is 470 Å². The van der Waals surface area contributed by atoms with Crippen molar-refractivity contribution in [3.05, 3.63) is 122 Å². The first-order chi connectivity index (χ1) is 70.3. The zero-order valence-corrected chi connectivity index (χ0v) is 109. The summed E-state index contributed by atoms with van der Waals surface area (Å²) in [7, 11) is 0. The lowest BCUT2D eigenvalue weighted by Crippen LogP contribution is -2.36. The van der Waals surface area contributed by atoms with Gasteiger partial charge >= 0.3 is 53.7 Å². The molecule has 0 aromatic heterocycles. The van der Waals surface area contributed by atoms with Gasteiger partial charge in [-0.25, -0.2) is 9.59 Å². The highest BCUT2D eigenvalue weighted by Crippen LogP contribution is 2.35. The normalized spacial score (nSPS) is 18.3. The molecule has 3 aromatic rings. The number of nitro benzene ring substituents is 1. The maximum atomic E-state index is 12.0. The van der Waals surface area contributed by atoms with Gasteiger partial charge in [-0.2, -0.15) is 106 Å². The largest absolute Gasteiger partial charge is 0.464 e. The van der Waals surface area contributed by atoms with E-state index >= 15 is 0 Å². The van der Waals surface area contributed by atoms with Crippen molar-refractivity contribution in [2.45, 2.75) is 46.5 Å². The predicted octanol–water partition coefficient (Wildman–Crippen LogP) is 17.7. The Morgan fingerprint density at radius 1 is 0.356 bits per heavy atom. The van der Waals surface area contributed by atoms with E-state index in [4.69, 9.17) is 42.6 Å². The molecule has 9 aliphatic rings. The van der Waals surface area contributed by atoms with Crippen molar-refractivity contribution in [3.8, 4) is 0 Å². The molecule has 3 aromatic carbocycles. The molecule has 0 bridgehead atoms. The molecule has 30 nitrogen and oxygen atoms in total. The van der Waals surface area contributed by atoms with E-state index < -0.39 is 11.9 Å². The van der Waals surface area contributed by atoms with Crippen LogP contribution in [0.4, 0.5) is 5.69 Å². The third kappa shape index (κ3) is 69.2. The van der Waals surface area contributed by atoms with E-state index in [1.54, 1.807) is 19.1 Å². The lowest BCUT2D eigenvalue weighted by Gasteiger charge is -2.25. The molecule has 9 heterocycles. The number of halogens is 12. The third-order valence-electron chi connectivity index (χ3n) is 21.9. The molecule has 5 atom stereocenters. The molecule has 0 spiro atoms. The highest BCUT2D eigenvalue weighted by Gasteiger charge is 2.32. The first-order valence-electron chi connectivity index (χ1n) is 48.2. The predicted molar refractivity (Wildman–Crippen MR) is 653 cm³/mol. The van der Waals surface area contributed by atoms with Crippen molar-refractivity contribution < 1.29 is 90.7 Å². The summed E-state index contributed by atoms with van der Waals surface area (Å²) >= 11 is 56.1. The van der Waals surface area contributed by atoms with Gasteiger partial charge in [0.25, 0.3) is 5.69 Å². The summed E-state index contributed by atoms with van der Waals surface area (Å²) in [5, 5.41) is 12.2. The van der Waals surface area contributed by atoms with E-state index in [1.807, 2.05) is 167 Å². The van der Waals surface area contributed by atoms with E-state index in [1.165, 1.54) is 110 Å². The summed E-state index contributed by atoms with van der Waals surface area (Å²) in [6.07, 6.45) is 0.468. The summed E-state index contributed by atoms with van der Waals surface area (Å²) in [4.78, 5) is 132. The number of carbonyl (C=O) groups excluding carboxylic acids is 9. The lowest BCUT2D eigenvalue weighted by molar-refractivity contribution is -0.384. The Balaban J connectivity index is 0.000000344. The second-order valence-corrected chi connectivity index (χ2v) is 58.6. The number of hydrogen-bond donors (Lipinski definition) is 0. The zero-order chi connectivity index (χ0) is 107. The molecule has 51 heteroatoms. The SMILES string of the molecule is C=C(Br)C(=O)OCCN1CCSCC1.CC(Br)C(=O)OCCN1CCSCC1.Cc1ccc(C(Br)C(=O)OCCN2CCSCC2)cc1.O=C(CBr)OCCN1CCSCC1.O=C(CCBr)OCCN1CCSCC1.O=C(OCCN1CCSCC1)C(Br)(Br)Br.O=C(OCCN1CCSCC1)C(Br)CBr.O=C(OCCN1CCSCC1)C(Br)c1ccc([N+](=O)[O-])cc1.O=C(OCCN1CCSCC1)C(Br)c1ccccc1. The number of aryl methyl sites for hydroxylation is 1. The van der Waals surface area contributed by atoms with Gasteiger partial charge in [-0.15, -0.1) is 0 Å². The molecule has 0 amide bonds. The fraction of sp³-hybridized carbons (Fsp3) is 0.695. The average molecular weight is 2990 g/mol. The Morgan fingerprint density at radius 2 is 0.603 bits per heavy atom. The second-order valence-electron chi connectivity index (χ2n) is 32.6. The highest BCUT2D eigenvalue weighted by molar-refractivity contribution is 9.40. The standard InChI is InChI=1S/C15H20BrNO2S.C14H17BrN2O4S.C14H18BrNO2S.C9H15Br2NO2S.C9H16BrNO2S.C9H14BrNO2S.C9H16BrNO2S.C8H12Br3NO2S.C8H14BrNO2S/c1-12-2-4-13(5-3-12)14(16)15(18)19-9-6-17-7-10-20-11-8-17;15-13(11-1-3-12(4-2-11)17(19)20)14(18)21-8-5-16-6-9-22-10-7-16;15-13(12-4-2-1-3-5-12)14(17)18-9-6-16-7-10-19-11-8-16;10-7-8(11)9(13)14-4-1-12-2-5-15-6-3-12;2*1-8(10)9(12)13-5-2-11-3-6-14-7-4-11;10-2-1-9(12)13-6-3-11-4-7-14-8-5-11;9-8(10,11)7(13)14-4-1-12-2-5-15-6-3-12;9-7-8(11)12-4-1-10-2-5-13-6-3-10/h2-5,14H,6-11H2,1H3;1-4,13H,5-10H2;1-5,13H,6-11H2;8H,1-7H2;8H,2-7H2,1H3;1-7H2;1-8H2;1-6H2;1-7H2. The van der Waals surface area contributed by atoms with Crippen LogP contribution in [-0.2, 0) is 85.8 Å². The molecule has 0 saturated carbocycles. The molecule has 12 rings (SSSR count). The van der Waals surface area contributed by atoms with E-state index in [9.17, 15) is 53.3 Å². The van der Waals surface area contributed by atoms with Gasteiger partial charge in [-0.3, -0.25) is 87.8 Å². The molecule has 0 N–H and O–H groups in total. The Kier molecular flexibility index (Phi) is 84.0. The van der Waals surface area contributed by atoms with E-state index in [-0.39, 0.29) is 83.2 Å². The van der Waals surface area contributed by atoms with E-state index in [0.29, 0.717) is 87.4 Å². The van der Waals surface area contributed by atoms with Crippen molar-refractivity contribution in [3.63, 3.8) is 0 Å². The quantitative estimate of drug-likeness (QED) is 0.0127. The van der Waals surface area contributed by atoms with Gasteiger partial charge in [0.15, 0.2) is 0 Å². The van der Waals surface area contributed by atoms with Gasteiger partial charge in [0.05, 0.1) is 15.8 Å². The van der Waals surface area contributed by atoms with Gasteiger partial charge in [-0.1, -0.05) is 206 Å². The highest BCUT2D eigenvalue weighted by atomic mass is 80.0. The number of esters is 9. The number of nitrogens with zero attached hydrogens (tertiary/aromatic N) is 10. The molecule has 5 unspecified atom stereocenters. The summed E-state index contributed by atoms with van der Waals surface area (Å²) in [6, 6.07) is 23.4. The fourth-order valence-corrected chi connectivity index (χ4v) is 24.9. The monoisotopic (exact) mass is 2980 g/mol. The minimum atomic E-state index is -0.940. The minimum absolute atomic E-state index is 0.000198. The van der Waals surface area contributed by atoms with Crippen LogP contribution in [0.5, 0.6) is 0 Å². The Labute approximate surface area is 1000 Å². The van der Waals surface area contributed by atoms with Crippen molar-refractivity contribution in [2.75, 3.05) is 356 Å². The fourth-order valence-electron chi connectivity index (χ4n) is 13.3. The van der Waals surface area contributed by atoms with Gasteiger partial charge in [0.1, 0.15) is 88.9 Å². The van der Waals surface area contributed by atoms with Crippen LogP contribution in [0.2, 0.25) is 0 Å². The van der Waals surface area contributed by atoms with Gasteiger partial charge < -0.3 is 42.6 Å². The van der Waals surface area contributed by atoms with Crippen molar-refractivity contribution in [2.24, 2.45) is 0 Å². The molecule has 0 radical (unpaired) electrons. The topological polar surface area (TPSA) is 309 Å². The number of ether oxygens (including phenoxy) is 9. The van der Waals surface area contributed by atoms with Crippen LogP contribution in [0.15, 0.2) is 89.9 Å². The number of rotatable bonds is 41. The molecule has 146 heavy (non-hydrogen) atoms. The minimum Gasteiger partial charge on any atom is -0.464 e. The number of non-ortho nitro benzene ring substituents is 1. The van der Waals surface area contributed by atoms with Crippen LogP contribution in [0.3, 0.4) is 0 Å². The van der Waals surface area contributed by atoms with Gasteiger partial charge in [0.2, 0.25) is 2.14 Å². The number of thioether (sulfide) groups is 9. The third-order valence-corrected chi connectivity index (χ3v) is 37.8. The number of hydrogen-bond acceptors (Lipinski definition) is 38. The van der Waals surface area contributed by atoms with Crippen molar-refractivity contribution in [1.29, 1.82) is 0 Å². The van der Waals surface area contributed by atoms with Crippen LogP contribution in [0.25, 0.3) is 0 Å². The van der Waals surface area contributed by atoms with E-state index in [2.05, 4.69) is 242 Å². The molecule has 9 saturated heterocycles. The van der Waals surface area contributed by atoms with Gasteiger partial charge in [0, 0.05) is 303 Å². The molecule has 9 fully saturated rings. The Hall–Kier alpha value is 0.580. The van der Waals surface area contributed by atoms with Gasteiger partial charge in [-0.05, 0) is 94.3 Å². The number of nitro groups is 1. The van der Waals surface area contributed by atoms with Crippen LogP contribution in [0.1, 0.15) is 50.1 Å². The summed E-state index contributed by atoms with van der Waals surface area (Å²) in [5.74, 6) is 19.1. The molecular weight excluding hydrogens is 2850 g/mol. The Morgan fingerprint density at radius 3 is 0.856 bits per heavy atom. The van der Waals surface area contributed by atoms with E-state index in [0.717, 1.165) is 199 Å². The molecule has 9 aliphatic heterocycles. The smallest absolute Gasteiger partial charge is 0.344 e. The zero-order valence-electron chi connectivity index (χ0n) is 83.0. The first kappa shape index (κ1) is 139. The van der Waals surface area contributed by atoms with Crippen molar-refractivity contribution >= 4 is 356 Å². The van der Waals surface area contributed by atoms with Crippen LogP contribution < -0.4 is 0 Å². The Bertz CT molecular complexity index is 4050. The molecule has 830 valence electrons. The maximum absolute atomic E-state index is 12.0. The lowest BCUT2D eigenvalue weighted by atomic mass is 10.1. The van der Waals surface area contributed by atoms with Crippen LogP contribution >= 0.6 is 297 Å². The first-order valence-corrected chi connectivity index (χ1v) is 69.7. The second kappa shape index (κ2) is 88.4. The summed E-state index contributed by atoms with van der Waals surface area (Å²) in [6.45, 7) is 38.8. The van der Waals surface area contributed by atoms with Crippen LogP contribution in [0, 0.1) is 17.0 Å². The molecular formula is C95H142Br12N10O20S9. The number of benzene rings is 3.